The molecule has 1 atom stereocenters. The van der Waals surface area contributed by atoms with Gasteiger partial charge in [0, 0.05) is 18.0 Å². The van der Waals surface area contributed by atoms with E-state index >= 15 is 0 Å². The van der Waals surface area contributed by atoms with E-state index in [1.807, 2.05) is 13.0 Å². The van der Waals surface area contributed by atoms with Gasteiger partial charge in [-0.15, -0.1) is 11.3 Å². The van der Waals surface area contributed by atoms with E-state index in [1.54, 1.807) is 23.5 Å². The fraction of sp³-hybridized carbons (Fsp3) is 0.357. The van der Waals surface area contributed by atoms with Gasteiger partial charge in [-0.2, -0.15) is 0 Å². The summed E-state index contributed by atoms with van der Waals surface area (Å²) in [6, 6.07) is 7.06. The minimum absolute atomic E-state index is 0.171. The SMILES string of the molecule is Cc1nc(CNC(C)Cc2cccc(F)c2)cs1. The van der Waals surface area contributed by atoms with E-state index in [4.69, 9.17) is 0 Å². The van der Waals surface area contributed by atoms with Crippen LogP contribution >= 0.6 is 11.3 Å². The molecule has 0 saturated carbocycles. The molecule has 2 aromatic rings. The lowest BCUT2D eigenvalue weighted by atomic mass is 10.1. The van der Waals surface area contributed by atoms with Crippen LogP contribution in [0.3, 0.4) is 0 Å². The van der Waals surface area contributed by atoms with Crippen molar-refractivity contribution < 1.29 is 4.39 Å². The van der Waals surface area contributed by atoms with Crippen molar-refractivity contribution in [1.29, 1.82) is 0 Å². The molecule has 0 amide bonds. The van der Waals surface area contributed by atoms with Gasteiger partial charge >= 0.3 is 0 Å². The number of halogens is 1. The Morgan fingerprint density at radius 1 is 1.44 bits per heavy atom. The largest absolute Gasteiger partial charge is 0.308 e. The molecule has 2 rings (SSSR count). The van der Waals surface area contributed by atoms with Crippen molar-refractivity contribution >= 4 is 11.3 Å². The topological polar surface area (TPSA) is 24.9 Å². The van der Waals surface area contributed by atoms with Crippen molar-refractivity contribution in [3.05, 3.63) is 51.7 Å². The predicted octanol–water partition coefficient (Wildman–Crippen LogP) is 3.31. The molecule has 0 aliphatic heterocycles. The van der Waals surface area contributed by atoms with Crippen LogP contribution in [0.1, 0.15) is 23.2 Å². The molecule has 1 unspecified atom stereocenters. The lowest BCUT2D eigenvalue weighted by Gasteiger charge is -2.12. The second-order valence-electron chi connectivity index (χ2n) is 4.47. The number of nitrogens with zero attached hydrogens (tertiary/aromatic N) is 1. The molecule has 2 nitrogen and oxygen atoms in total. The minimum Gasteiger partial charge on any atom is -0.308 e. The zero-order valence-electron chi connectivity index (χ0n) is 10.6. The second kappa shape index (κ2) is 6.07. The van der Waals surface area contributed by atoms with E-state index < -0.39 is 0 Å². The van der Waals surface area contributed by atoms with Crippen LogP contribution in [0, 0.1) is 12.7 Å². The van der Waals surface area contributed by atoms with E-state index in [0.29, 0.717) is 6.04 Å². The average molecular weight is 264 g/mol. The van der Waals surface area contributed by atoms with Crippen LogP contribution in [0.2, 0.25) is 0 Å². The van der Waals surface area contributed by atoms with Crippen LogP contribution in [0.5, 0.6) is 0 Å². The van der Waals surface area contributed by atoms with Crippen LogP contribution in [-0.4, -0.2) is 11.0 Å². The highest BCUT2D eigenvalue weighted by Crippen LogP contribution is 2.09. The van der Waals surface area contributed by atoms with Crippen molar-refractivity contribution in [2.24, 2.45) is 0 Å². The Morgan fingerprint density at radius 2 is 2.28 bits per heavy atom. The molecule has 1 aromatic carbocycles. The zero-order chi connectivity index (χ0) is 13.0. The molecule has 0 spiro atoms. The number of aryl methyl sites for hydroxylation is 1. The minimum atomic E-state index is -0.171. The van der Waals surface area contributed by atoms with Crippen LogP contribution in [0.25, 0.3) is 0 Å². The van der Waals surface area contributed by atoms with E-state index in [0.717, 1.165) is 29.2 Å². The molecule has 1 heterocycles. The Bertz CT molecular complexity index is 510. The summed E-state index contributed by atoms with van der Waals surface area (Å²) in [4.78, 5) is 4.40. The molecule has 0 aliphatic carbocycles. The number of hydrogen-bond acceptors (Lipinski definition) is 3. The van der Waals surface area contributed by atoms with Crippen molar-refractivity contribution in [1.82, 2.24) is 10.3 Å². The molecule has 4 heteroatoms. The first kappa shape index (κ1) is 13.2. The van der Waals surface area contributed by atoms with Crippen molar-refractivity contribution in [2.75, 3.05) is 0 Å². The summed E-state index contributed by atoms with van der Waals surface area (Å²) in [6.07, 6.45) is 0.820. The normalized spacial score (nSPS) is 12.6. The summed E-state index contributed by atoms with van der Waals surface area (Å²) in [5.74, 6) is -0.171. The fourth-order valence-electron chi connectivity index (χ4n) is 1.86. The summed E-state index contributed by atoms with van der Waals surface area (Å²) in [5.41, 5.74) is 2.09. The maximum absolute atomic E-state index is 13.0. The third-order valence-electron chi connectivity index (χ3n) is 2.73. The Morgan fingerprint density at radius 3 is 2.94 bits per heavy atom. The first-order chi connectivity index (χ1) is 8.63. The standard InChI is InChI=1S/C14H17FN2S/c1-10(6-12-4-3-5-13(15)7-12)16-8-14-9-18-11(2)17-14/h3-5,7,9-10,16H,6,8H2,1-2H3. The van der Waals surface area contributed by atoms with Crippen LogP contribution in [0.4, 0.5) is 4.39 Å². The van der Waals surface area contributed by atoms with Gasteiger partial charge < -0.3 is 5.32 Å². The number of aromatic nitrogens is 1. The van der Waals surface area contributed by atoms with E-state index in [9.17, 15) is 4.39 Å². The maximum atomic E-state index is 13.0. The second-order valence-corrected chi connectivity index (χ2v) is 5.54. The van der Waals surface area contributed by atoms with Crippen molar-refractivity contribution in [3.8, 4) is 0 Å². The highest BCUT2D eigenvalue weighted by molar-refractivity contribution is 7.09. The van der Waals surface area contributed by atoms with Crippen LogP contribution in [-0.2, 0) is 13.0 Å². The number of thiazole rings is 1. The summed E-state index contributed by atoms with van der Waals surface area (Å²) >= 11 is 1.66. The quantitative estimate of drug-likeness (QED) is 0.896. The summed E-state index contributed by atoms with van der Waals surface area (Å²) in [7, 11) is 0. The smallest absolute Gasteiger partial charge is 0.123 e. The van der Waals surface area contributed by atoms with Gasteiger partial charge in [0.15, 0.2) is 0 Å². The highest BCUT2D eigenvalue weighted by Gasteiger charge is 2.05. The van der Waals surface area contributed by atoms with E-state index in [-0.39, 0.29) is 5.82 Å². The zero-order valence-corrected chi connectivity index (χ0v) is 11.4. The Hall–Kier alpha value is -1.26. The number of nitrogens with one attached hydrogen (secondary N) is 1. The fourth-order valence-corrected chi connectivity index (χ4v) is 2.47. The van der Waals surface area contributed by atoms with Crippen molar-refractivity contribution in [2.45, 2.75) is 32.9 Å². The van der Waals surface area contributed by atoms with Gasteiger partial charge in [-0.25, -0.2) is 9.37 Å². The molecule has 96 valence electrons. The number of rotatable bonds is 5. The first-order valence-electron chi connectivity index (χ1n) is 6.02. The number of benzene rings is 1. The van der Waals surface area contributed by atoms with Gasteiger partial charge in [-0.1, -0.05) is 12.1 Å². The lowest BCUT2D eigenvalue weighted by Crippen LogP contribution is -2.27. The Balaban J connectivity index is 1.83. The van der Waals surface area contributed by atoms with Gasteiger partial charge in [0.05, 0.1) is 10.7 Å². The van der Waals surface area contributed by atoms with Crippen LogP contribution in [0.15, 0.2) is 29.6 Å². The van der Waals surface area contributed by atoms with Gasteiger partial charge in [0.1, 0.15) is 5.82 Å². The molecule has 0 saturated heterocycles. The molecule has 0 fully saturated rings. The lowest BCUT2D eigenvalue weighted by molar-refractivity contribution is 0.538. The molecule has 18 heavy (non-hydrogen) atoms. The monoisotopic (exact) mass is 264 g/mol. The van der Waals surface area contributed by atoms with Gasteiger partial charge in [-0.05, 0) is 38.0 Å². The third-order valence-corrected chi connectivity index (χ3v) is 3.55. The van der Waals surface area contributed by atoms with Gasteiger partial charge in [-0.3, -0.25) is 0 Å². The molecule has 1 N–H and O–H groups in total. The molecular weight excluding hydrogens is 247 g/mol. The number of hydrogen-bond donors (Lipinski definition) is 1. The molecule has 0 aliphatic rings. The summed E-state index contributed by atoms with van der Waals surface area (Å²) in [5, 5.41) is 6.56. The first-order valence-corrected chi connectivity index (χ1v) is 6.90. The molecule has 1 aromatic heterocycles. The Kier molecular flexibility index (Phi) is 4.44. The predicted molar refractivity (Wildman–Crippen MR) is 73.3 cm³/mol. The maximum Gasteiger partial charge on any atom is 0.123 e. The third kappa shape index (κ3) is 3.89. The highest BCUT2D eigenvalue weighted by atomic mass is 32.1. The van der Waals surface area contributed by atoms with Crippen LogP contribution < -0.4 is 5.32 Å². The summed E-state index contributed by atoms with van der Waals surface area (Å²) < 4.78 is 13.0. The van der Waals surface area contributed by atoms with Gasteiger partial charge in [0.2, 0.25) is 0 Å². The molecular formula is C14H17FN2S. The Labute approximate surface area is 111 Å². The summed E-state index contributed by atoms with van der Waals surface area (Å²) in [6.45, 7) is 4.87. The van der Waals surface area contributed by atoms with E-state index in [2.05, 4.69) is 22.6 Å². The van der Waals surface area contributed by atoms with E-state index in [1.165, 1.54) is 6.07 Å². The average Bonchev–Trinajstić information content (AvgIpc) is 2.73. The molecule has 0 radical (unpaired) electrons. The van der Waals surface area contributed by atoms with Gasteiger partial charge in [0.25, 0.3) is 0 Å². The molecule has 0 bridgehead atoms. The van der Waals surface area contributed by atoms with Crippen molar-refractivity contribution in [3.63, 3.8) is 0 Å².